The van der Waals surface area contributed by atoms with Crippen LogP contribution in [0.25, 0.3) is 0 Å². The average Bonchev–Trinajstić information content (AvgIpc) is 2.48. The van der Waals surface area contributed by atoms with Gasteiger partial charge in [0.15, 0.2) is 0 Å². The number of aromatic nitrogens is 2. The summed E-state index contributed by atoms with van der Waals surface area (Å²) in [5, 5.41) is 7.45. The van der Waals surface area contributed by atoms with Gasteiger partial charge in [-0.15, -0.1) is 0 Å². The van der Waals surface area contributed by atoms with Gasteiger partial charge < -0.3 is 10.1 Å². The van der Waals surface area contributed by atoms with E-state index in [0.717, 1.165) is 12.4 Å². The number of nitrogens with zero attached hydrogens (tertiary/aromatic N) is 2. The molecular weight excluding hydrogens is 166 g/mol. The summed E-state index contributed by atoms with van der Waals surface area (Å²) in [6, 6.07) is 2.25. The van der Waals surface area contributed by atoms with Gasteiger partial charge in [-0.05, 0) is 13.8 Å². The van der Waals surface area contributed by atoms with Gasteiger partial charge in [0.05, 0.1) is 6.61 Å². The number of nitrogens with one attached hydrogen (secondary N) is 1. The molecule has 74 valence electrons. The van der Waals surface area contributed by atoms with Crippen molar-refractivity contribution in [3.63, 3.8) is 0 Å². The van der Waals surface area contributed by atoms with Crippen molar-refractivity contribution in [1.82, 2.24) is 9.78 Å². The summed E-state index contributed by atoms with van der Waals surface area (Å²) in [4.78, 5) is 0. The second-order valence-corrected chi connectivity index (χ2v) is 3.08. The fourth-order valence-electron chi connectivity index (χ4n) is 1.08. The van der Waals surface area contributed by atoms with Crippen molar-refractivity contribution in [3.8, 4) is 0 Å². The maximum atomic E-state index is 5.28. The van der Waals surface area contributed by atoms with Crippen LogP contribution < -0.4 is 5.32 Å². The van der Waals surface area contributed by atoms with E-state index in [0.29, 0.717) is 12.6 Å². The Labute approximate surface area is 78.9 Å². The van der Waals surface area contributed by atoms with Crippen LogP contribution in [0.2, 0.25) is 0 Å². The average molecular weight is 183 g/mol. The van der Waals surface area contributed by atoms with Gasteiger partial charge in [-0.25, -0.2) is 0 Å². The third-order valence-corrected chi connectivity index (χ3v) is 1.68. The molecule has 1 aromatic heterocycles. The van der Waals surface area contributed by atoms with E-state index in [9.17, 15) is 0 Å². The molecule has 0 spiro atoms. The van der Waals surface area contributed by atoms with E-state index in [-0.39, 0.29) is 0 Å². The molecule has 0 amide bonds. The maximum Gasteiger partial charge on any atom is 0.148 e. The lowest BCUT2D eigenvalue weighted by atomic mass is 10.3. The molecule has 0 aliphatic rings. The zero-order valence-electron chi connectivity index (χ0n) is 8.45. The van der Waals surface area contributed by atoms with Gasteiger partial charge in [0.25, 0.3) is 0 Å². The van der Waals surface area contributed by atoms with Crippen LogP contribution in [0.3, 0.4) is 0 Å². The lowest BCUT2D eigenvalue weighted by molar-refractivity contribution is 0.141. The molecule has 0 fully saturated rings. The molecule has 0 saturated heterocycles. The predicted octanol–water partition coefficient (Wildman–Crippen LogP) is 1.26. The third-order valence-electron chi connectivity index (χ3n) is 1.68. The predicted molar refractivity (Wildman–Crippen MR) is 52.8 cm³/mol. The van der Waals surface area contributed by atoms with Crippen molar-refractivity contribution in [3.05, 3.63) is 12.3 Å². The highest BCUT2D eigenvalue weighted by atomic mass is 16.5. The summed E-state index contributed by atoms with van der Waals surface area (Å²) < 4.78 is 7.05. The van der Waals surface area contributed by atoms with Crippen molar-refractivity contribution >= 4 is 5.82 Å². The first-order valence-electron chi connectivity index (χ1n) is 4.56. The highest BCUT2D eigenvalue weighted by Gasteiger charge is 2.02. The zero-order chi connectivity index (χ0) is 9.68. The molecule has 1 aromatic rings. The van der Waals surface area contributed by atoms with E-state index in [1.54, 1.807) is 4.68 Å². The van der Waals surface area contributed by atoms with Gasteiger partial charge in [-0.2, -0.15) is 5.10 Å². The number of aryl methyl sites for hydroxylation is 1. The Bertz CT molecular complexity index is 247. The van der Waals surface area contributed by atoms with Gasteiger partial charge in [0.1, 0.15) is 5.82 Å². The summed E-state index contributed by atoms with van der Waals surface area (Å²) in [5.41, 5.74) is 0. The zero-order valence-corrected chi connectivity index (χ0v) is 8.45. The number of anilines is 1. The standard InChI is InChI=1S/C9H17N3O/c1-4-13-7-8(2)10-9-5-6-12(3)11-9/h5-6,8H,4,7H2,1-3H3,(H,10,11). The van der Waals surface area contributed by atoms with Crippen LogP contribution in [0.15, 0.2) is 12.3 Å². The summed E-state index contributed by atoms with van der Waals surface area (Å²) >= 11 is 0. The van der Waals surface area contributed by atoms with E-state index >= 15 is 0 Å². The molecule has 1 rings (SSSR count). The minimum atomic E-state index is 0.301. The monoisotopic (exact) mass is 183 g/mol. The Morgan fingerprint density at radius 3 is 3.00 bits per heavy atom. The summed E-state index contributed by atoms with van der Waals surface area (Å²) in [5.74, 6) is 0.898. The first-order chi connectivity index (χ1) is 6.22. The molecule has 4 heteroatoms. The molecule has 13 heavy (non-hydrogen) atoms. The number of rotatable bonds is 5. The van der Waals surface area contributed by atoms with Gasteiger partial charge in [-0.1, -0.05) is 0 Å². The largest absolute Gasteiger partial charge is 0.380 e. The molecule has 0 aliphatic heterocycles. The molecule has 0 aromatic carbocycles. The summed E-state index contributed by atoms with van der Waals surface area (Å²) in [6.45, 7) is 5.54. The normalized spacial score (nSPS) is 12.8. The van der Waals surface area contributed by atoms with Crippen LogP contribution in [-0.4, -0.2) is 29.0 Å². The minimum absolute atomic E-state index is 0.301. The van der Waals surface area contributed by atoms with E-state index in [1.807, 2.05) is 26.2 Å². The van der Waals surface area contributed by atoms with Crippen LogP contribution in [0.4, 0.5) is 5.82 Å². The third kappa shape index (κ3) is 3.46. The molecule has 0 radical (unpaired) electrons. The smallest absolute Gasteiger partial charge is 0.148 e. The maximum absolute atomic E-state index is 5.28. The van der Waals surface area contributed by atoms with Crippen LogP contribution in [0, 0.1) is 0 Å². The molecule has 1 atom stereocenters. The van der Waals surface area contributed by atoms with E-state index in [2.05, 4.69) is 17.3 Å². The van der Waals surface area contributed by atoms with Gasteiger partial charge in [0, 0.05) is 32.0 Å². The minimum Gasteiger partial charge on any atom is -0.380 e. The summed E-state index contributed by atoms with van der Waals surface area (Å²) in [7, 11) is 1.90. The Balaban J connectivity index is 2.31. The van der Waals surface area contributed by atoms with Crippen molar-refractivity contribution in [2.75, 3.05) is 18.5 Å². The van der Waals surface area contributed by atoms with E-state index in [4.69, 9.17) is 4.74 Å². The molecular formula is C9H17N3O. The topological polar surface area (TPSA) is 39.1 Å². The summed E-state index contributed by atoms with van der Waals surface area (Å²) in [6.07, 6.45) is 1.91. The molecule has 4 nitrogen and oxygen atoms in total. The van der Waals surface area contributed by atoms with Crippen LogP contribution in [0.5, 0.6) is 0 Å². The Morgan fingerprint density at radius 2 is 2.46 bits per heavy atom. The molecule has 1 N–H and O–H groups in total. The molecule has 1 unspecified atom stereocenters. The Hall–Kier alpha value is -1.03. The lowest BCUT2D eigenvalue weighted by Gasteiger charge is -2.12. The first-order valence-corrected chi connectivity index (χ1v) is 4.56. The van der Waals surface area contributed by atoms with Crippen molar-refractivity contribution < 1.29 is 4.74 Å². The van der Waals surface area contributed by atoms with Crippen molar-refractivity contribution in [2.24, 2.45) is 7.05 Å². The number of hydrogen-bond acceptors (Lipinski definition) is 3. The number of ether oxygens (including phenoxy) is 1. The van der Waals surface area contributed by atoms with E-state index in [1.165, 1.54) is 0 Å². The van der Waals surface area contributed by atoms with Gasteiger partial charge in [-0.3, -0.25) is 4.68 Å². The van der Waals surface area contributed by atoms with Gasteiger partial charge >= 0.3 is 0 Å². The second-order valence-electron chi connectivity index (χ2n) is 3.08. The molecule has 0 saturated carbocycles. The van der Waals surface area contributed by atoms with Crippen LogP contribution >= 0.6 is 0 Å². The molecule has 0 aliphatic carbocycles. The van der Waals surface area contributed by atoms with Gasteiger partial charge in [0.2, 0.25) is 0 Å². The SMILES string of the molecule is CCOCC(C)Nc1ccn(C)n1. The second kappa shape index (κ2) is 4.87. The number of hydrogen-bond donors (Lipinski definition) is 1. The molecule has 0 bridgehead atoms. The lowest BCUT2D eigenvalue weighted by Crippen LogP contribution is -2.21. The Morgan fingerprint density at radius 1 is 1.69 bits per heavy atom. The van der Waals surface area contributed by atoms with Crippen molar-refractivity contribution in [1.29, 1.82) is 0 Å². The quantitative estimate of drug-likeness (QED) is 0.747. The van der Waals surface area contributed by atoms with E-state index < -0.39 is 0 Å². The highest BCUT2D eigenvalue weighted by molar-refractivity contribution is 5.33. The van der Waals surface area contributed by atoms with Crippen LogP contribution in [-0.2, 0) is 11.8 Å². The first kappa shape index (κ1) is 10.1. The van der Waals surface area contributed by atoms with Crippen molar-refractivity contribution in [2.45, 2.75) is 19.9 Å². The fraction of sp³-hybridized carbons (Fsp3) is 0.667. The van der Waals surface area contributed by atoms with Crippen LogP contribution in [0.1, 0.15) is 13.8 Å². The highest BCUT2D eigenvalue weighted by Crippen LogP contribution is 2.03. The fourth-order valence-corrected chi connectivity index (χ4v) is 1.08. The molecule has 1 heterocycles. The Kier molecular flexibility index (Phi) is 3.76.